The molecule has 9 fully saturated rings. The predicted molar refractivity (Wildman–Crippen MR) is 161 cm³/mol. The van der Waals surface area contributed by atoms with Crippen molar-refractivity contribution in [2.24, 2.45) is 53.1 Å². The minimum absolute atomic E-state index is 0.272. The molecule has 5 aliphatic heterocycles. The lowest BCUT2D eigenvalue weighted by molar-refractivity contribution is 0.157. The Morgan fingerprint density at radius 1 is 0.293 bits per heavy atom. The van der Waals surface area contributed by atoms with Crippen molar-refractivity contribution in [2.75, 3.05) is 0 Å². The van der Waals surface area contributed by atoms with Crippen LogP contribution in [0.3, 0.4) is 0 Å². The van der Waals surface area contributed by atoms with Gasteiger partial charge in [0.15, 0.2) is 0 Å². The lowest BCUT2D eigenvalue weighted by Crippen LogP contribution is -2.62. The molecule has 9 nitrogen and oxygen atoms in total. The molecule has 230 valence electrons. The van der Waals surface area contributed by atoms with E-state index in [0.717, 1.165) is 18.3 Å². The van der Waals surface area contributed by atoms with E-state index in [2.05, 4.69) is 42.5 Å². The third-order valence-corrected chi connectivity index (χ3v) is 13.9. The summed E-state index contributed by atoms with van der Waals surface area (Å²) in [6.45, 7) is 0. The summed E-state index contributed by atoms with van der Waals surface area (Å²) in [6.07, 6.45) is 23.0. The maximum atomic E-state index is 6.95. The van der Waals surface area contributed by atoms with Gasteiger partial charge >= 0.3 is 0 Å². The van der Waals surface area contributed by atoms with Gasteiger partial charge in [-0.2, -0.15) is 0 Å². The molecule has 0 spiro atoms. The van der Waals surface area contributed by atoms with E-state index in [-0.39, 0.29) is 12.2 Å². The minimum Gasteiger partial charge on any atom is -0.327 e. The number of hydrogen-bond acceptors (Lipinski definition) is 9. The molecule has 0 aromatic rings. The molecule has 0 aromatic carbocycles. The molecule has 17 atom stereocenters. The SMILES string of the molecule is NC1CCCC2C3NC4NC(NC5NC(NC6NC(NC(N3)C12)C1CCCCC61)C1CCCCC51)C1CCCCC41. The Bertz CT molecular complexity index is 948. The fraction of sp³-hybridized carbons (Fsp3) is 1.00. The molecule has 5 heterocycles. The van der Waals surface area contributed by atoms with Crippen LogP contribution in [0, 0.1) is 47.3 Å². The van der Waals surface area contributed by atoms with E-state index in [1.165, 1.54) is 89.9 Å². The maximum absolute atomic E-state index is 6.95. The average Bonchev–Trinajstić information content (AvgIpc) is 3.73. The van der Waals surface area contributed by atoms with E-state index in [4.69, 9.17) is 5.73 Å². The van der Waals surface area contributed by atoms with Crippen molar-refractivity contribution in [1.82, 2.24) is 42.5 Å². The molecule has 4 saturated carbocycles. The van der Waals surface area contributed by atoms with E-state index in [0.29, 0.717) is 78.7 Å². The Morgan fingerprint density at radius 3 is 0.902 bits per heavy atom. The Kier molecular flexibility index (Phi) is 7.19. The zero-order chi connectivity index (χ0) is 27.1. The highest BCUT2D eigenvalue weighted by molar-refractivity contribution is 5.09. The highest BCUT2D eigenvalue weighted by Crippen LogP contribution is 2.45. The molecule has 0 aromatic heterocycles. The van der Waals surface area contributed by atoms with Gasteiger partial charge in [-0.3, -0.25) is 42.5 Å². The first kappa shape index (κ1) is 27.0. The third-order valence-electron chi connectivity index (χ3n) is 13.9. The van der Waals surface area contributed by atoms with Gasteiger partial charge in [0, 0.05) is 12.0 Å². The lowest BCUT2D eigenvalue weighted by atomic mass is 9.75. The predicted octanol–water partition coefficient (Wildman–Crippen LogP) is 1.54. The minimum atomic E-state index is 0.272. The van der Waals surface area contributed by atoms with Crippen LogP contribution in [0.25, 0.3) is 0 Å². The van der Waals surface area contributed by atoms with Crippen LogP contribution in [0.5, 0.6) is 0 Å². The van der Waals surface area contributed by atoms with Crippen LogP contribution < -0.4 is 48.3 Å². The fourth-order valence-electron chi connectivity index (χ4n) is 12.1. The summed E-state index contributed by atoms with van der Waals surface area (Å²) in [7, 11) is 0. The fourth-order valence-corrected chi connectivity index (χ4v) is 12.1. The van der Waals surface area contributed by atoms with Crippen LogP contribution in [-0.2, 0) is 0 Å². The lowest BCUT2D eigenvalue weighted by Gasteiger charge is -2.38. The summed E-state index contributed by atoms with van der Waals surface area (Å²) < 4.78 is 0. The van der Waals surface area contributed by atoms with Gasteiger partial charge in [0.1, 0.15) is 0 Å². The van der Waals surface area contributed by atoms with Crippen LogP contribution >= 0.6 is 0 Å². The van der Waals surface area contributed by atoms with Gasteiger partial charge < -0.3 is 5.73 Å². The van der Waals surface area contributed by atoms with Crippen LogP contribution in [0.2, 0.25) is 0 Å². The topological polar surface area (TPSA) is 122 Å². The van der Waals surface area contributed by atoms with E-state index in [1.807, 2.05) is 0 Å². The van der Waals surface area contributed by atoms with Gasteiger partial charge in [-0.15, -0.1) is 0 Å². The van der Waals surface area contributed by atoms with Gasteiger partial charge in [0.05, 0.1) is 49.3 Å². The molecule has 0 radical (unpaired) electrons. The molecule has 0 amide bonds. The van der Waals surface area contributed by atoms with Crippen molar-refractivity contribution < 1.29 is 0 Å². The Labute approximate surface area is 247 Å². The maximum Gasteiger partial charge on any atom is 0.0643 e. The van der Waals surface area contributed by atoms with Crippen molar-refractivity contribution in [3.05, 3.63) is 0 Å². The van der Waals surface area contributed by atoms with E-state index in [9.17, 15) is 0 Å². The first-order valence-electron chi connectivity index (χ1n) is 18.1. The monoisotopic (exact) mass is 567 g/mol. The van der Waals surface area contributed by atoms with Crippen LogP contribution in [0.1, 0.15) is 96.3 Å². The molecular formula is C32H57N9. The third kappa shape index (κ3) is 4.59. The van der Waals surface area contributed by atoms with Gasteiger partial charge in [0.25, 0.3) is 0 Å². The summed E-state index contributed by atoms with van der Waals surface area (Å²) in [5.41, 5.74) is 6.95. The van der Waals surface area contributed by atoms with Crippen LogP contribution in [-0.4, -0.2) is 55.4 Å². The molecule has 9 rings (SSSR count). The largest absolute Gasteiger partial charge is 0.327 e. The molecular weight excluding hydrogens is 510 g/mol. The molecule has 41 heavy (non-hydrogen) atoms. The smallest absolute Gasteiger partial charge is 0.0643 e. The summed E-state index contributed by atoms with van der Waals surface area (Å²) in [5.74, 6) is 5.37. The molecule has 17 unspecified atom stereocenters. The van der Waals surface area contributed by atoms with E-state index >= 15 is 0 Å². The molecule has 10 N–H and O–H groups in total. The van der Waals surface area contributed by atoms with Crippen molar-refractivity contribution in [3.63, 3.8) is 0 Å². The molecule has 4 aliphatic carbocycles. The highest BCUT2D eigenvalue weighted by atomic mass is 15.4. The Balaban J connectivity index is 1.06. The molecule has 8 bridgehead atoms. The number of nitrogens with two attached hydrogens (primary N) is 1. The first-order chi connectivity index (χ1) is 20.2. The van der Waals surface area contributed by atoms with Gasteiger partial charge in [-0.05, 0) is 92.8 Å². The Hall–Kier alpha value is -0.360. The van der Waals surface area contributed by atoms with Gasteiger partial charge in [-0.25, -0.2) is 0 Å². The Morgan fingerprint density at radius 2 is 0.561 bits per heavy atom. The number of rotatable bonds is 0. The van der Waals surface area contributed by atoms with Gasteiger partial charge in [-0.1, -0.05) is 44.9 Å². The zero-order valence-electron chi connectivity index (χ0n) is 25.0. The zero-order valence-corrected chi connectivity index (χ0v) is 25.0. The molecule has 9 aliphatic rings. The van der Waals surface area contributed by atoms with Gasteiger partial charge in [0.2, 0.25) is 0 Å². The van der Waals surface area contributed by atoms with Crippen molar-refractivity contribution >= 4 is 0 Å². The summed E-state index contributed by atoms with van der Waals surface area (Å²) >= 11 is 0. The highest BCUT2D eigenvalue weighted by Gasteiger charge is 2.55. The van der Waals surface area contributed by atoms with Crippen LogP contribution in [0.15, 0.2) is 0 Å². The number of nitrogens with one attached hydrogen (secondary N) is 8. The summed E-state index contributed by atoms with van der Waals surface area (Å²) in [4.78, 5) is 0. The average molecular weight is 568 g/mol. The normalized spacial score (nSPS) is 58.3. The summed E-state index contributed by atoms with van der Waals surface area (Å²) in [5, 5.41) is 33.6. The first-order valence-corrected chi connectivity index (χ1v) is 18.1. The van der Waals surface area contributed by atoms with E-state index in [1.54, 1.807) is 0 Å². The quantitative estimate of drug-likeness (QED) is 0.215. The molecule has 5 saturated heterocycles. The van der Waals surface area contributed by atoms with Crippen molar-refractivity contribution in [3.8, 4) is 0 Å². The standard InChI is InChI=1S/C32H57N9/c33-23-15-7-14-22-24(23)32-40-30-21-13-6-5-12-20(21)28(38-30)36-26-17-9-2-1-8-16(17)25(34-26)35-27-18-10-3-4-11-19(18)29(37-27)39-31(22)41-32/h16-32,34-41H,1-15,33H2. The second-order valence-electron chi connectivity index (χ2n) is 15.8. The molecule has 9 heteroatoms. The van der Waals surface area contributed by atoms with Crippen molar-refractivity contribution in [1.29, 1.82) is 0 Å². The summed E-state index contributed by atoms with van der Waals surface area (Å²) in [6, 6.07) is 0.279. The second kappa shape index (κ2) is 10.9. The number of fused-ring (bicyclic) bond motifs is 20. The van der Waals surface area contributed by atoms with Crippen LogP contribution in [0.4, 0.5) is 0 Å². The number of hydrogen-bond donors (Lipinski definition) is 9. The van der Waals surface area contributed by atoms with E-state index < -0.39 is 0 Å². The van der Waals surface area contributed by atoms with Crippen molar-refractivity contribution in [2.45, 2.75) is 152 Å². The second-order valence-corrected chi connectivity index (χ2v) is 15.8.